The van der Waals surface area contributed by atoms with Gasteiger partial charge in [-0.05, 0) is 75.0 Å². The van der Waals surface area contributed by atoms with E-state index >= 15 is 0 Å². The van der Waals surface area contributed by atoms with Gasteiger partial charge < -0.3 is 27.0 Å². The Morgan fingerprint density at radius 2 is 1.51 bits per heavy atom. The monoisotopic (exact) mass is 589 g/mol. The molecule has 0 saturated heterocycles. The number of carbonyl (C=O) groups is 5. The minimum Gasteiger partial charge on any atom is -0.347 e. The van der Waals surface area contributed by atoms with Crippen LogP contribution in [0.5, 0.6) is 0 Å². The lowest BCUT2D eigenvalue weighted by molar-refractivity contribution is -0.134. The van der Waals surface area contributed by atoms with Crippen LogP contribution in [0.1, 0.15) is 64.4 Å². The highest BCUT2D eigenvalue weighted by Crippen LogP contribution is 2.31. The number of nitrogens with two attached hydrogens (primary N) is 1. The number of unbranched alkanes of at least 4 members (excludes halogenated alkanes) is 1. The van der Waals surface area contributed by atoms with Crippen molar-refractivity contribution in [2.75, 3.05) is 18.6 Å². The van der Waals surface area contributed by atoms with Crippen molar-refractivity contribution in [3.63, 3.8) is 0 Å². The van der Waals surface area contributed by atoms with Gasteiger partial charge in [-0.3, -0.25) is 24.0 Å². The van der Waals surface area contributed by atoms with Crippen molar-refractivity contribution in [3.05, 3.63) is 35.9 Å². The third-order valence-corrected chi connectivity index (χ3v) is 7.68. The maximum absolute atomic E-state index is 13.6. The lowest BCUT2D eigenvalue weighted by Crippen LogP contribution is -2.58. The van der Waals surface area contributed by atoms with E-state index in [1.807, 2.05) is 50.4 Å². The van der Waals surface area contributed by atoms with E-state index in [-0.39, 0.29) is 24.0 Å². The number of benzene rings is 1. The number of ketones is 1. The standard InChI is InChI=1S/C30H47N5O5S/c1-20(2)17-25(34-28(38)24(32-19-36)14-16-41-3)29(39)35-26(18-21-9-5-4-6-10-21)30(40)33-23(11-7-8-15-31)27(37)22-12-13-22/h4-6,9-10,19-20,22-26H,7-8,11-18,31H2,1-3H3,(H,32,36)(H,33,40)(H,34,38)(H,35,39). The van der Waals surface area contributed by atoms with E-state index in [2.05, 4.69) is 21.3 Å². The third-order valence-electron chi connectivity index (χ3n) is 7.04. The molecule has 1 aromatic carbocycles. The second-order valence-corrected chi connectivity index (χ2v) is 12.1. The predicted octanol–water partition coefficient (Wildman–Crippen LogP) is 1.71. The molecule has 2 rings (SSSR count). The summed E-state index contributed by atoms with van der Waals surface area (Å²) >= 11 is 1.55. The predicted molar refractivity (Wildman–Crippen MR) is 162 cm³/mol. The Morgan fingerprint density at radius 1 is 0.902 bits per heavy atom. The molecule has 0 bridgehead atoms. The number of amides is 4. The van der Waals surface area contributed by atoms with Crippen molar-refractivity contribution in [1.29, 1.82) is 0 Å². The molecule has 0 aliphatic heterocycles. The topological polar surface area (TPSA) is 159 Å². The molecule has 10 nitrogen and oxygen atoms in total. The zero-order valence-corrected chi connectivity index (χ0v) is 25.3. The molecule has 41 heavy (non-hydrogen) atoms. The molecule has 0 spiro atoms. The molecule has 0 radical (unpaired) electrons. The lowest BCUT2D eigenvalue weighted by Gasteiger charge is -2.27. The summed E-state index contributed by atoms with van der Waals surface area (Å²) in [5, 5.41) is 11.1. The minimum absolute atomic E-state index is 0.0231. The van der Waals surface area contributed by atoms with Crippen molar-refractivity contribution < 1.29 is 24.0 Å². The van der Waals surface area contributed by atoms with Crippen LogP contribution in [-0.4, -0.2) is 72.6 Å². The Morgan fingerprint density at radius 3 is 2.10 bits per heavy atom. The van der Waals surface area contributed by atoms with E-state index < -0.39 is 41.9 Å². The second-order valence-electron chi connectivity index (χ2n) is 11.1. The fourth-order valence-corrected chi connectivity index (χ4v) is 5.09. The molecule has 1 aliphatic carbocycles. The molecule has 1 aromatic rings. The summed E-state index contributed by atoms with van der Waals surface area (Å²) in [5.74, 6) is -0.653. The maximum Gasteiger partial charge on any atom is 0.243 e. The first-order chi connectivity index (χ1) is 19.7. The first-order valence-electron chi connectivity index (χ1n) is 14.6. The second kappa shape index (κ2) is 18.5. The number of thioether (sulfide) groups is 1. The highest BCUT2D eigenvalue weighted by atomic mass is 32.2. The van der Waals surface area contributed by atoms with E-state index in [1.165, 1.54) is 0 Å². The van der Waals surface area contributed by atoms with Crippen LogP contribution in [-0.2, 0) is 30.4 Å². The van der Waals surface area contributed by atoms with Gasteiger partial charge in [-0.2, -0.15) is 11.8 Å². The van der Waals surface area contributed by atoms with Crippen molar-refractivity contribution in [2.24, 2.45) is 17.6 Å². The molecule has 1 fully saturated rings. The zero-order chi connectivity index (χ0) is 30.2. The van der Waals surface area contributed by atoms with Gasteiger partial charge in [0.25, 0.3) is 0 Å². The first kappa shape index (κ1) is 34.3. The minimum atomic E-state index is -0.958. The largest absolute Gasteiger partial charge is 0.347 e. The van der Waals surface area contributed by atoms with Gasteiger partial charge in [-0.15, -0.1) is 0 Å². The molecule has 1 aliphatic rings. The SMILES string of the molecule is CSCCC(NC=O)C(=O)NC(CC(C)C)C(=O)NC(Cc1ccccc1)C(=O)NC(CCCCN)C(=O)C1CC1. The summed E-state index contributed by atoms with van der Waals surface area (Å²) in [5.41, 5.74) is 6.48. The van der Waals surface area contributed by atoms with Crippen molar-refractivity contribution in [1.82, 2.24) is 21.3 Å². The Hall–Kier alpha value is -2.92. The molecule has 4 unspecified atom stereocenters. The van der Waals surface area contributed by atoms with Crippen LogP contribution >= 0.6 is 11.8 Å². The average molecular weight is 590 g/mol. The summed E-state index contributed by atoms with van der Waals surface area (Å²) in [7, 11) is 0. The molecule has 11 heteroatoms. The maximum atomic E-state index is 13.6. The fourth-order valence-electron chi connectivity index (χ4n) is 4.62. The van der Waals surface area contributed by atoms with Crippen molar-refractivity contribution >= 4 is 41.7 Å². The molecule has 4 atom stereocenters. The quantitative estimate of drug-likeness (QED) is 0.108. The highest BCUT2D eigenvalue weighted by molar-refractivity contribution is 7.98. The summed E-state index contributed by atoms with van der Waals surface area (Å²) in [6.45, 7) is 4.38. The number of carbonyl (C=O) groups excluding carboxylic acids is 5. The van der Waals surface area contributed by atoms with Gasteiger partial charge in [0.1, 0.15) is 18.1 Å². The Balaban J connectivity index is 2.23. The van der Waals surface area contributed by atoms with Crippen LogP contribution in [0.4, 0.5) is 0 Å². The molecule has 228 valence electrons. The van der Waals surface area contributed by atoms with E-state index in [1.54, 1.807) is 11.8 Å². The number of rotatable bonds is 21. The summed E-state index contributed by atoms with van der Waals surface area (Å²) < 4.78 is 0. The molecular weight excluding hydrogens is 542 g/mol. The Kier molecular flexibility index (Phi) is 15.5. The molecule has 0 aromatic heterocycles. The van der Waals surface area contributed by atoms with Gasteiger partial charge in [0.15, 0.2) is 5.78 Å². The first-order valence-corrected chi connectivity index (χ1v) is 16.0. The van der Waals surface area contributed by atoms with Crippen LogP contribution in [0.3, 0.4) is 0 Å². The smallest absolute Gasteiger partial charge is 0.243 e. The number of nitrogens with one attached hydrogen (secondary N) is 4. The number of hydrogen-bond donors (Lipinski definition) is 5. The van der Waals surface area contributed by atoms with Gasteiger partial charge in [-0.25, -0.2) is 0 Å². The summed E-state index contributed by atoms with van der Waals surface area (Å²) in [6.07, 6.45) is 7.00. The summed E-state index contributed by atoms with van der Waals surface area (Å²) in [4.78, 5) is 64.3. The van der Waals surface area contributed by atoms with Gasteiger partial charge in [0, 0.05) is 12.3 Å². The van der Waals surface area contributed by atoms with Gasteiger partial charge in [0.2, 0.25) is 24.1 Å². The van der Waals surface area contributed by atoms with E-state index in [0.717, 1.165) is 24.8 Å². The van der Waals surface area contributed by atoms with Crippen LogP contribution in [0, 0.1) is 11.8 Å². The van der Waals surface area contributed by atoms with Gasteiger partial charge >= 0.3 is 0 Å². The normalized spacial score (nSPS) is 15.7. The van der Waals surface area contributed by atoms with Crippen LogP contribution in [0.2, 0.25) is 0 Å². The summed E-state index contributed by atoms with van der Waals surface area (Å²) in [6, 6.07) is 6.05. The van der Waals surface area contributed by atoms with Crippen LogP contribution < -0.4 is 27.0 Å². The van der Waals surface area contributed by atoms with Crippen molar-refractivity contribution in [3.8, 4) is 0 Å². The Labute approximate surface area is 248 Å². The molecule has 6 N–H and O–H groups in total. The van der Waals surface area contributed by atoms with E-state index in [0.29, 0.717) is 44.4 Å². The van der Waals surface area contributed by atoms with Gasteiger partial charge in [0.05, 0.1) is 6.04 Å². The zero-order valence-electron chi connectivity index (χ0n) is 24.5. The highest BCUT2D eigenvalue weighted by Gasteiger charge is 2.37. The number of hydrogen-bond acceptors (Lipinski definition) is 7. The number of Topliss-reactive ketones (excluding diaryl/α,β-unsaturated/α-hetero) is 1. The van der Waals surface area contributed by atoms with Crippen LogP contribution in [0.15, 0.2) is 30.3 Å². The average Bonchev–Trinajstić information content (AvgIpc) is 3.79. The molecular formula is C30H47N5O5S. The van der Waals surface area contributed by atoms with E-state index in [9.17, 15) is 24.0 Å². The Bertz CT molecular complexity index is 989. The van der Waals surface area contributed by atoms with Gasteiger partial charge in [-0.1, -0.05) is 44.2 Å². The van der Waals surface area contributed by atoms with Crippen molar-refractivity contribution in [2.45, 2.75) is 89.4 Å². The molecule has 4 amide bonds. The molecule has 0 heterocycles. The fraction of sp³-hybridized carbons (Fsp3) is 0.633. The van der Waals surface area contributed by atoms with Crippen LogP contribution in [0.25, 0.3) is 0 Å². The van der Waals surface area contributed by atoms with E-state index in [4.69, 9.17) is 5.73 Å². The lowest BCUT2D eigenvalue weighted by atomic mass is 9.99. The molecule has 1 saturated carbocycles. The third kappa shape index (κ3) is 12.6.